The quantitative estimate of drug-likeness (QED) is 0.660. The van der Waals surface area contributed by atoms with E-state index >= 15 is 0 Å². The molecule has 1 heterocycles. The van der Waals surface area contributed by atoms with Crippen LogP contribution in [0.25, 0.3) is 11.0 Å². The summed E-state index contributed by atoms with van der Waals surface area (Å²) in [6.07, 6.45) is -4.72. The number of hydrogen-bond acceptors (Lipinski definition) is 4. The van der Waals surface area contributed by atoms with Crippen LogP contribution in [0.5, 0.6) is 17.2 Å². The maximum Gasteiger partial charge on any atom is 0.453 e. The van der Waals surface area contributed by atoms with Gasteiger partial charge < -0.3 is 14.3 Å². The number of aryl methyl sites for hydroxylation is 1. The molecule has 26 heavy (non-hydrogen) atoms. The Kier molecular flexibility index (Phi) is 4.35. The van der Waals surface area contributed by atoms with E-state index in [1.54, 1.807) is 6.92 Å². The molecule has 136 valence electrons. The zero-order valence-electron chi connectivity index (χ0n) is 13.4. The molecule has 0 saturated carbocycles. The van der Waals surface area contributed by atoms with Gasteiger partial charge in [-0.1, -0.05) is 19.1 Å². The van der Waals surface area contributed by atoms with Crippen molar-refractivity contribution in [3.63, 3.8) is 0 Å². The lowest BCUT2D eigenvalue weighted by Crippen LogP contribution is -2.16. The first-order valence-corrected chi connectivity index (χ1v) is 7.54. The molecule has 8 heteroatoms. The van der Waals surface area contributed by atoms with Crippen molar-refractivity contribution >= 4 is 11.0 Å². The molecule has 0 fully saturated rings. The van der Waals surface area contributed by atoms with E-state index in [1.807, 2.05) is 0 Å². The number of phenols is 1. The van der Waals surface area contributed by atoms with E-state index in [1.165, 1.54) is 18.2 Å². The summed E-state index contributed by atoms with van der Waals surface area (Å²) < 4.78 is 63.5. The molecule has 0 aliphatic carbocycles. The van der Waals surface area contributed by atoms with Crippen molar-refractivity contribution in [2.24, 2.45) is 0 Å². The molecule has 0 bridgehead atoms. The molecular formula is C18H12F4O4. The Morgan fingerprint density at radius 3 is 2.50 bits per heavy atom. The van der Waals surface area contributed by atoms with Gasteiger partial charge in [-0.25, -0.2) is 4.39 Å². The summed E-state index contributed by atoms with van der Waals surface area (Å²) in [4.78, 5) is 12.6. The summed E-state index contributed by atoms with van der Waals surface area (Å²) in [6, 6.07) is 6.92. The Morgan fingerprint density at radius 1 is 1.19 bits per heavy atom. The normalized spacial score (nSPS) is 11.7. The van der Waals surface area contributed by atoms with Crippen molar-refractivity contribution in [1.82, 2.24) is 0 Å². The molecule has 1 aromatic heterocycles. The molecule has 2 aromatic carbocycles. The van der Waals surface area contributed by atoms with Gasteiger partial charge in [0.05, 0.1) is 5.39 Å². The van der Waals surface area contributed by atoms with E-state index in [0.29, 0.717) is 12.0 Å². The molecule has 0 saturated heterocycles. The molecule has 3 rings (SSSR count). The zero-order valence-corrected chi connectivity index (χ0v) is 13.4. The van der Waals surface area contributed by atoms with Gasteiger partial charge in [0.25, 0.3) is 5.76 Å². The molecule has 4 nitrogen and oxygen atoms in total. The number of aromatic hydroxyl groups is 1. The van der Waals surface area contributed by atoms with Crippen LogP contribution in [0.15, 0.2) is 45.6 Å². The maximum atomic E-state index is 13.7. The van der Waals surface area contributed by atoms with E-state index in [-0.39, 0.29) is 11.1 Å². The van der Waals surface area contributed by atoms with Gasteiger partial charge in [-0.2, -0.15) is 13.2 Å². The number of benzene rings is 2. The molecule has 0 amide bonds. The van der Waals surface area contributed by atoms with E-state index in [0.717, 1.165) is 18.2 Å². The third-order valence-corrected chi connectivity index (χ3v) is 3.74. The molecule has 0 spiro atoms. The van der Waals surface area contributed by atoms with E-state index in [2.05, 4.69) is 0 Å². The van der Waals surface area contributed by atoms with Gasteiger partial charge in [-0.15, -0.1) is 0 Å². The van der Waals surface area contributed by atoms with Crippen LogP contribution in [0.1, 0.15) is 18.2 Å². The second-order valence-corrected chi connectivity index (χ2v) is 5.45. The summed E-state index contributed by atoms with van der Waals surface area (Å²) in [5, 5.41) is 9.60. The van der Waals surface area contributed by atoms with Crippen molar-refractivity contribution in [2.75, 3.05) is 0 Å². The first-order chi connectivity index (χ1) is 12.2. The molecule has 3 aromatic rings. The van der Waals surface area contributed by atoms with Crippen molar-refractivity contribution in [3.05, 3.63) is 63.8 Å². The van der Waals surface area contributed by atoms with Gasteiger partial charge in [0.2, 0.25) is 11.2 Å². The van der Waals surface area contributed by atoms with Gasteiger partial charge in [0, 0.05) is 6.07 Å². The van der Waals surface area contributed by atoms with Gasteiger partial charge in [0.15, 0.2) is 11.6 Å². The highest BCUT2D eigenvalue weighted by Crippen LogP contribution is 2.39. The molecule has 0 aliphatic heterocycles. The van der Waals surface area contributed by atoms with Crippen LogP contribution < -0.4 is 10.2 Å². The van der Waals surface area contributed by atoms with Crippen LogP contribution in [0.4, 0.5) is 17.6 Å². The first kappa shape index (κ1) is 17.8. The second kappa shape index (κ2) is 6.36. The maximum absolute atomic E-state index is 13.7. The van der Waals surface area contributed by atoms with Gasteiger partial charge in [0.1, 0.15) is 11.3 Å². The minimum atomic E-state index is -5.06. The first-order valence-electron chi connectivity index (χ1n) is 7.54. The van der Waals surface area contributed by atoms with E-state index < -0.39 is 40.3 Å². The molecular weight excluding hydrogens is 356 g/mol. The van der Waals surface area contributed by atoms with Crippen LogP contribution in [0.3, 0.4) is 0 Å². The van der Waals surface area contributed by atoms with Crippen molar-refractivity contribution in [2.45, 2.75) is 19.5 Å². The average Bonchev–Trinajstić information content (AvgIpc) is 2.57. The summed E-state index contributed by atoms with van der Waals surface area (Å²) >= 11 is 0. The smallest absolute Gasteiger partial charge is 0.453 e. The van der Waals surface area contributed by atoms with Crippen LogP contribution in [-0.4, -0.2) is 5.11 Å². The Hall–Kier alpha value is -3.03. The SMILES string of the molecule is CCc1cc2c(=O)c(Oc3ccccc3F)c(C(F)(F)F)oc2cc1O. The molecule has 0 aliphatic rings. The fourth-order valence-corrected chi connectivity index (χ4v) is 2.46. The predicted octanol–water partition coefficient (Wildman–Crippen LogP) is 5.01. The summed E-state index contributed by atoms with van der Waals surface area (Å²) in [5.74, 6) is -4.64. The van der Waals surface area contributed by atoms with Crippen LogP contribution in [-0.2, 0) is 12.6 Å². The fourth-order valence-electron chi connectivity index (χ4n) is 2.46. The van der Waals surface area contributed by atoms with E-state index in [4.69, 9.17) is 9.15 Å². The Labute approximate surface area is 144 Å². The Bertz CT molecular complexity index is 1040. The van der Waals surface area contributed by atoms with E-state index in [9.17, 15) is 27.5 Å². The third kappa shape index (κ3) is 3.10. The standard InChI is InChI=1S/C18H12F4O4/c1-2-9-7-10-14(8-12(9)23)26-17(18(20,21)22)16(15(10)24)25-13-6-4-3-5-11(13)19/h3-8,23H,2H2,1H3. The molecule has 0 radical (unpaired) electrons. The lowest BCUT2D eigenvalue weighted by Gasteiger charge is -2.14. The zero-order chi connectivity index (χ0) is 19.1. The number of halogens is 4. The lowest BCUT2D eigenvalue weighted by molar-refractivity contribution is -0.154. The highest BCUT2D eigenvalue weighted by molar-refractivity contribution is 5.81. The molecule has 0 atom stereocenters. The van der Waals surface area contributed by atoms with Gasteiger partial charge in [-0.05, 0) is 30.2 Å². The van der Waals surface area contributed by atoms with Crippen molar-refractivity contribution < 1.29 is 31.8 Å². The Morgan fingerprint density at radius 2 is 1.88 bits per heavy atom. The number of fused-ring (bicyclic) bond motifs is 1. The van der Waals surface area contributed by atoms with Gasteiger partial charge >= 0.3 is 6.18 Å². The molecule has 1 N–H and O–H groups in total. The predicted molar refractivity (Wildman–Crippen MR) is 85.0 cm³/mol. The largest absolute Gasteiger partial charge is 0.508 e. The van der Waals surface area contributed by atoms with Crippen LogP contribution >= 0.6 is 0 Å². The highest BCUT2D eigenvalue weighted by Gasteiger charge is 2.40. The number of phenolic OH excluding ortho intramolecular Hbond substituents is 1. The lowest BCUT2D eigenvalue weighted by atomic mass is 10.1. The van der Waals surface area contributed by atoms with Crippen LogP contribution in [0.2, 0.25) is 0 Å². The number of hydrogen-bond donors (Lipinski definition) is 1. The monoisotopic (exact) mass is 368 g/mol. The second-order valence-electron chi connectivity index (χ2n) is 5.45. The summed E-state index contributed by atoms with van der Waals surface area (Å²) in [5.41, 5.74) is -1.21. The number of ether oxygens (including phenoxy) is 1. The minimum absolute atomic E-state index is 0.209. The fraction of sp³-hybridized carbons (Fsp3) is 0.167. The highest BCUT2D eigenvalue weighted by atomic mass is 19.4. The Balaban J connectivity index is 2.32. The van der Waals surface area contributed by atoms with Gasteiger partial charge in [-0.3, -0.25) is 4.79 Å². The number of rotatable bonds is 3. The third-order valence-electron chi connectivity index (χ3n) is 3.74. The van der Waals surface area contributed by atoms with Crippen LogP contribution in [0, 0.1) is 5.82 Å². The average molecular weight is 368 g/mol. The van der Waals surface area contributed by atoms with Crippen molar-refractivity contribution in [1.29, 1.82) is 0 Å². The summed E-state index contributed by atoms with van der Waals surface area (Å²) in [7, 11) is 0. The number of para-hydroxylation sites is 1. The van der Waals surface area contributed by atoms with Crippen molar-refractivity contribution in [3.8, 4) is 17.2 Å². The summed E-state index contributed by atoms with van der Waals surface area (Å²) in [6.45, 7) is 1.70. The number of alkyl halides is 3. The topological polar surface area (TPSA) is 59.7 Å². The molecule has 0 unspecified atom stereocenters. The minimum Gasteiger partial charge on any atom is -0.508 e.